The Bertz CT molecular complexity index is 935. The molecule has 1 aliphatic heterocycles. The normalized spacial score (nSPS) is 16.0. The molecular weight excluding hydrogens is 330 g/mol. The summed E-state index contributed by atoms with van der Waals surface area (Å²) in [5.74, 6) is 1.91. The molecule has 1 aromatic heterocycles. The van der Waals surface area contributed by atoms with Gasteiger partial charge in [0.15, 0.2) is 0 Å². The number of nitrogens with one attached hydrogen (secondary N) is 1. The largest absolute Gasteiger partial charge is 0.497 e. The molecular formula is C20H21N3O3. The van der Waals surface area contributed by atoms with Crippen LogP contribution in [0.2, 0.25) is 0 Å². The summed E-state index contributed by atoms with van der Waals surface area (Å²) in [6, 6.07) is 13.7. The number of methoxy groups -OCH3 is 1. The third-order valence-electron chi connectivity index (χ3n) is 4.69. The van der Waals surface area contributed by atoms with Crippen LogP contribution in [0.1, 0.15) is 5.56 Å². The van der Waals surface area contributed by atoms with Crippen LogP contribution in [-0.4, -0.2) is 35.7 Å². The predicted octanol–water partition coefficient (Wildman–Crippen LogP) is 2.41. The topological polar surface area (TPSA) is 65.4 Å². The highest BCUT2D eigenvalue weighted by atomic mass is 16.5. The number of hydrogen-bond donors (Lipinski definition) is 1. The molecule has 1 N–H and O–H groups in total. The molecule has 2 aromatic carbocycles. The first-order chi connectivity index (χ1) is 12.7. The number of carbonyl (C=O) groups is 1. The SMILES string of the molecule is COc1ccc2c(c1)OCC(CNC(=O)Cn1cnc3ccccc31)C2. The van der Waals surface area contributed by atoms with Crippen molar-refractivity contribution in [1.29, 1.82) is 0 Å². The second-order valence-corrected chi connectivity index (χ2v) is 6.52. The number of benzene rings is 2. The highest BCUT2D eigenvalue weighted by Crippen LogP contribution is 2.30. The average molecular weight is 351 g/mol. The van der Waals surface area contributed by atoms with Gasteiger partial charge in [-0.05, 0) is 30.2 Å². The minimum absolute atomic E-state index is 0.0197. The Hall–Kier alpha value is -3.02. The fourth-order valence-electron chi connectivity index (χ4n) is 3.28. The van der Waals surface area contributed by atoms with E-state index in [1.807, 2.05) is 47.0 Å². The molecule has 0 saturated heterocycles. The number of imidazole rings is 1. The maximum Gasteiger partial charge on any atom is 0.240 e. The Balaban J connectivity index is 1.33. The highest BCUT2D eigenvalue weighted by Gasteiger charge is 2.21. The molecule has 0 radical (unpaired) electrons. The maximum atomic E-state index is 12.3. The van der Waals surface area contributed by atoms with Crippen molar-refractivity contribution in [2.75, 3.05) is 20.3 Å². The summed E-state index contributed by atoms with van der Waals surface area (Å²) in [6.07, 6.45) is 2.59. The van der Waals surface area contributed by atoms with Crippen LogP contribution in [0.3, 0.4) is 0 Å². The van der Waals surface area contributed by atoms with Crippen LogP contribution in [0.5, 0.6) is 11.5 Å². The van der Waals surface area contributed by atoms with Gasteiger partial charge in [-0.25, -0.2) is 4.98 Å². The van der Waals surface area contributed by atoms with E-state index in [4.69, 9.17) is 9.47 Å². The van der Waals surface area contributed by atoms with Crippen molar-refractivity contribution in [3.63, 3.8) is 0 Å². The lowest BCUT2D eigenvalue weighted by Gasteiger charge is -2.25. The van der Waals surface area contributed by atoms with Crippen molar-refractivity contribution >= 4 is 16.9 Å². The summed E-state index contributed by atoms with van der Waals surface area (Å²) in [6.45, 7) is 1.45. The third-order valence-corrected chi connectivity index (χ3v) is 4.69. The summed E-state index contributed by atoms with van der Waals surface area (Å²) in [7, 11) is 1.65. The van der Waals surface area contributed by atoms with Gasteiger partial charge < -0.3 is 19.4 Å². The molecule has 4 rings (SSSR count). The van der Waals surface area contributed by atoms with E-state index in [1.54, 1.807) is 13.4 Å². The van der Waals surface area contributed by atoms with E-state index in [-0.39, 0.29) is 18.4 Å². The number of aromatic nitrogens is 2. The average Bonchev–Trinajstić information content (AvgIpc) is 3.08. The fraction of sp³-hybridized carbons (Fsp3) is 0.300. The van der Waals surface area contributed by atoms with Crippen LogP contribution in [0, 0.1) is 5.92 Å². The zero-order chi connectivity index (χ0) is 17.9. The van der Waals surface area contributed by atoms with Gasteiger partial charge in [0.05, 0.1) is 31.1 Å². The van der Waals surface area contributed by atoms with Crippen molar-refractivity contribution in [3.05, 3.63) is 54.4 Å². The van der Waals surface area contributed by atoms with Crippen LogP contribution in [0.4, 0.5) is 0 Å². The molecule has 1 aliphatic rings. The van der Waals surface area contributed by atoms with Crippen molar-refractivity contribution in [2.24, 2.45) is 5.92 Å². The zero-order valence-electron chi connectivity index (χ0n) is 14.6. The van der Waals surface area contributed by atoms with Crippen molar-refractivity contribution in [3.8, 4) is 11.5 Å². The van der Waals surface area contributed by atoms with E-state index in [9.17, 15) is 4.79 Å². The molecule has 0 spiro atoms. The van der Waals surface area contributed by atoms with E-state index >= 15 is 0 Å². The van der Waals surface area contributed by atoms with Gasteiger partial charge in [-0.1, -0.05) is 18.2 Å². The molecule has 0 bridgehead atoms. The molecule has 1 amide bonds. The maximum absolute atomic E-state index is 12.3. The van der Waals surface area contributed by atoms with Crippen LogP contribution in [-0.2, 0) is 17.8 Å². The number of rotatable bonds is 5. The predicted molar refractivity (Wildman–Crippen MR) is 98.4 cm³/mol. The molecule has 0 fully saturated rings. The number of hydrogen-bond acceptors (Lipinski definition) is 4. The van der Waals surface area contributed by atoms with Gasteiger partial charge in [0, 0.05) is 18.5 Å². The molecule has 3 aromatic rings. The van der Waals surface area contributed by atoms with Crippen molar-refractivity contribution < 1.29 is 14.3 Å². The van der Waals surface area contributed by atoms with E-state index in [2.05, 4.69) is 10.3 Å². The molecule has 134 valence electrons. The first-order valence-corrected chi connectivity index (χ1v) is 8.69. The smallest absolute Gasteiger partial charge is 0.240 e. The number of ether oxygens (including phenoxy) is 2. The van der Waals surface area contributed by atoms with E-state index in [0.717, 1.165) is 34.5 Å². The molecule has 1 atom stereocenters. The summed E-state index contributed by atoms with van der Waals surface area (Å²) in [5, 5.41) is 3.02. The van der Waals surface area contributed by atoms with Gasteiger partial charge in [-0.2, -0.15) is 0 Å². The molecule has 6 heteroatoms. The Morgan fingerprint density at radius 2 is 2.23 bits per heavy atom. The number of carbonyl (C=O) groups excluding carboxylic acids is 1. The first kappa shape index (κ1) is 16.4. The Labute approximate surface area is 151 Å². The summed E-state index contributed by atoms with van der Waals surface area (Å²) >= 11 is 0. The van der Waals surface area contributed by atoms with Gasteiger partial charge in [0.2, 0.25) is 5.91 Å². The molecule has 26 heavy (non-hydrogen) atoms. The Kier molecular flexibility index (Phi) is 4.48. The Morgan fingerprint density at radius 3 is 3.12 bits per heavy atom. The van der Waals surface area contributed by atoms with Gasteiger partial charge >= 0.3 is 0 Å². The van der Waals surface area contributed by atoms with Crippen LogP contribution in [0.25, 0.3) is 11.0 Å². The van der Waals surface area contributed by atoms with E-state index in [0.29, 0.717) is 13.2 Å². The zero-order valence-corrected chi connectivity index (χ0v) is 14.6. The summed E-state index contributed by atoms with van der Waals surface area (Å²) < 4.78 is 12.9. The quantitative estimate of drug-likeness (QED) is 0.767. The second-order valence-electron chi connectivity index (χ2n) is 6.52. The second kappa shape index (κ2) is 7.07. The van der Waals surface area contributed by atoms with Crippen molar-refractivity contribution in [1.82, 2.24) is 14.9 Å². The van der Waals surface area contributed by atoms with Gasteiger partial charge in [-0.15, -0.1) is 0 Å². The Morgan fingerprint density at radius 1 is 1.35 bits per heavy atom. The number of nitrogens with zero attached hydrogens (tertiary/aromatic N) is 2. The van der Waals surface area contributed by atoms with Gasteiger partial charge in [0.25, 0.3) is 0 Å². The van der Waals surface area contributed by atoms with Crippen LogP contribution < -0.4 is 14.8 Å². The highest BCUT2D eigenvalue weighted by molar-refractivity contribution is 5.80. The minimum Gasteiger partial charge on any atom is -0.497 e. The lowest BCUT2D eigenvalue weighted by atomic mass is 9.96. The lowest BCUT2D eigenvalue weighted by molar-refractivity contribution is -0.121. The summed E-state index contributed by atoms with van der Waals surface area (Å²) in [4.78, 5) is 16.6. The third kappa shape index (κ3) is 3.35. The monoisotopic (exact) mass is 351 g/mol. The molecule has 0 aliphatic carbocycles. The van der Waals surface area contributed by atoms with E-state index in [1.165, 1.54) is 0 Å². The number of para-hydroxylation sites is 2. The standard InChI is InChI=1S/C20H21N3O3/c1-25-16-7-6-15-8-14(12-26-19(15)9-16)10-21-20(24)11-23-13-22-17-4-2-3-5-18(17)23/h2-7,9,13-14H,8,10-12H2,1H3,(H,21,24). The number of fused-ring (bicyclic) bond motifs is 2. The minimum atomic E-state index is -0.0197. The van der Waals surface area contributed by atoms with Crippen LogP contribution >= 0.6 is 0 Å². The number of amides is 1. The van der Waals surface area contributed by atoms with E-state index < -0.39 is 0 Å². The molecule has 6 nitrogen and oxygen atoms in total. The molecule has 1 unspecified atom stereocenters. The van der Waals surface area contributed by atoms with Gasteiger partial charge in [0.1, 0.15) is 18.0 Å². The first-order valence-electron chi connectivity index (χ1n) is 8.69. The fourth-order valence-corrected chi connectivity index (χ4v) is 3.28. The molecule has 0 saturated carbocycles. The summed E-state index contributed by atoms with van der Waals surface area (Å²) in [5.41, 5.74) is 3.01. The molecule has 2 heterocycles. The van der Waals surface area contributed by atoms with Crippen LogP contribution in [0.15, 0.2) is 48.8 Å². The van der Waals surface area contributed by atoms with Gasteiger partial charge in [-0.3, -0.25) is 4.79 Å². The lowest BCUT2D eigenvalue weighted by Crippen LogP contribution is -2.36. The van der Waals surface area contributed by atoms with Crippen molar-refractivity contribution in [2.45, 2.75) is 13.0 Å².